The van der Waals surface area contributed by atoms with Gasteiger partial charge in [0.2, 0.25) is 0 Å². The van der Waals surface area contributed by atoms with Gasteiger partial charge in [-0.05, 0) is 70.9 Å². The normalized spacial score (nSPS) is 21.1. The number of carbonyl (C=O) groups excluding carboxylic acids is 2. The van der Waals surface area contributed by atoms with Gasteiger partial charge in [0.1, 0.15) is 12.4 Å². The number of esters is 1. The number of ether oxygens (including phenoxy) is 2. The Balaban J connectivity index is 1.22. The Morgan fingerprint density at radius 2 is 2.00 bits per heavy atom. The van der Waals surface area contributed by atoms with Gasteiger partial charge in [-0.2, -0.15) is 0 Å². The van der Waals surface area contributed by atoms with E-state index < -0.39 is 0 Å². The van der Waals surface area contributed by atoms with Gasteiger partial charge in [-0.3, -0.25) is 4.79 Å². The van der Waals surface area contributed by atoms with E-state index in [1.54, 1.807) is 24.5 Å². The van der Waals surface area contributed by atoms with Crippen molar-refractivity contribution in [3.8, 4) is 10.6 Å². The minimum absolute atomic E-state index is 0.00244. The smallest absolute Gasteiger partial charge is 0.332 e. The third-order valence-electron chi connectivity index (χ3n) is 7.12. The van der Waals surface area contributed by atoms with Crippen LogP contribution < -0.4 is 5.32 Å². The Morgan fingerprint density at radius 1 is 1.16 bits per heavy atom. The van der Waals surface area contributed by atoms with Crippen LogP contribution in [0.1, 0.15) is 60.1 Å². The fraction of sp³-hybridized carbons (Fsp3) is 0.519. The lowest BCUT2D eigenvalue weighted by Gasteiger charge is -2.43. The molecule has 3 fully saturated rings. The molecule has 3 aromatic heterocycles. The van der Waals surface area contributed by atoms with Crippen molar-refractivity contribution in [3.05, 3.63) is 40.0 Å². The summed E-state index contributed by atoms with van der Waals surface area (Å²) in [5.74, 6) is 0.747. The maximum absolute atomic E-state index is 13.5. The summed E-state index contributed by atoms with van der Waals surface area (Å²) in [6, 6.07) is 3.74. The van der Waals surface area contributed by atoms with Gasteiger partial charge in [-0.15, -0.1) is 22.7 Å². The van der Waals surface area contributed by atoms with E-state index in [0.717, 1.165) is 65.1 Å². The molecule has 2 aliphatic heterocycles. The fourth-order valence-electron chi connectivity index (χ4n) is 5.29. The van der Waals surface area contributed by atoms with Crippen LogP contribution in [0, 0.1) is 19.8 Å². The van der Waals surface area contributed by atoms with E-state index in [0.29, 0.717) is 23.9 Å². The number of fused-ring (bicyclic) bond motifs is 5. The van der Waals surface area contributed by atoms with Crippen molar-refractivity contribution in [2.24, 2.45) is 5.92 Å². The maximum Gasteiger partial charge on any atom is 0.332 e. The number of hydrogen-bond donors (Lipinski definition) is 1. The van der Waals surface area contributed by atoms with Crippen molar-refractivity contribution >= 4 is 45.5 Å². The van der Waals surface area contributed by atoms with Gasteiger partial charge in [0.15, 0.2) is 5.13 Å². The minimum atomic E-state index is -0.338. The average molecular weight is 556 g/mol. The number of amides is 1. The van der Waals surface area contributed by atoms with Crippen molar-refractivity contribution in [3.63, 3.8) is 0 Å². The number of anilines is 2. The van der Waals surface area contributed by atoms with Crippen LogP contribution in [-0.4, -0.2) is 63.6 Å². The number of nitrogens with zero attached hydrogens (tertiary/aromatic N) is 4. The van der Waals surface area contributed by atoms with Crippen LogP contribution >= 0.6 is 22.7 Å². The van der Waals surface area contributed by atoms with Crippen LogP contribution in [0.5, 0.6) is 0 Å². The van der Waals surface area contributed by atoms with E-state index in [2.05, 4.69) is 15.3 Å². The highest BCUT2D eigenvalue weighted by molar-refractivity contribution is 7.16. The molecule has 0 radical (unpaired) electrons. The molecule has 1 unspecified atom stereocenters. The summed E-state index contributed by atoms with van der Waals surface area (Å²) in [6.07, 6.45) is 6.29. The van der Waals surface area contributed by atoms with E-state index >= 15 is 0 Å². The summed E-state index contributed by atoms with van der Waals surface area (Å²) < 4.78 is 10.9. The number of nitrogens with one attached hydrogen (secondary N) is 1. The number of aromatic nitrogens is 3. The first-order valence-electron chi connectivity index (χ1n) is 13.1. The lowest BCUT2D eigenvalue weighted by Crippen LogP contribution is -2.50. The second kappa shape index (κ2) is 11.9. The fourth-order valence-corrected chi connectivity index (χ4v) is 6.95. The molecule has 0 aromatic carbocycles. The number of carbonyl (C=O) groups is 2. The number of pyridine rings is 1. The van der Waals surface area contributed by atoms with Gasteiger partial charge in [-0.25, -0.2) is 19.7 Å². The molecular weight excluding hydrogens is 522 g/mol. The summed E-state index contributed by atoms with van der Waals surface area (Å²) in [5.41, 5.74) is 2.46. The summed E-state index contributed by atoms with van der Waals surface area (Å²) >= 11 is 3.15. The number of rotatable bonds is 8. The van der Waals surface area contributed by atoms with Gasteiger partial charge in [0.25, 0.3) is 5.91 Å². The quantitative estimate of drug-likeness (QED) is 0.370. The highest BCUT2D eigenvalue weighted by Crippen LogP contribution is 2.35. The number of hydrogen-bond acceptors (Lipinski definition) is 10. The standard InChI is InChI=1S/C27H33N5O4S2/c1-4-35-24(33)14-36-21-9-6-18-5-8-20(11-21)32(13-18)26(34)19-7-10-23(28-12-19)31-27-30-22(15-37-27)25-16(2)29-17(3)38-25/h7,10,12,15,18,20-21H,4-6,8-9,11,13-14H2,1-3H3,(H,28,30,31)/t18?,20-,21-/m1/s1. The summed E-state index contributed by atoms with van der Waals surface area (Å²) in [4.78, 5) is 42.0. The summed E-state index contributed by atoms with van der Waals surface area (Å²) in [5, 5.41) is 7.03. The van der Waals surface area contributed by atoms with E-state index in [1.165, 1.54) is 11.3 Å². The summed E-state index contributed by atoms with van der Waals surface area (Å²) in [6.45, 7) is 6.85. The Hall–Kier alpha value is -2.89. The zero-order valence-electron chi connectivity index (χ0n) is 21.9. The van der Waals surface area contributed by atoms with Crippen LogP contribution in [0.4, 0.5) is 10.9 Å². The Labute approximate surface area is 230 Å². The van der Waals surface area contributed by atoms with Crippen molar-refractivity contribution in [2.75, 3.05) is 25.1 Å². The lowest BCUT2D eigenvalue weighted by atomic mass is 9.82. The molecule has 2 saturated heterocycles. The van der Waals surface area contributed by atoms with Crippen molar-refractivity contribution < 1.29 is 19.1 Å². The first-order valence-corrected chi connectivity index (χ1v) is 14.8. The van der Waals surface area contributed by atoms with Gasteiger partial charge in [0, 0.05) is 24.2 Å². The molecule has 5 heterocycles. The third-order valence-corrected chi connectivity index (χ3v) is 8.98. The van der Waals surface area contributed by atoms with Gasteiger partial charge in [0.05, 0.1) is 39.5 Å². The number of piperidine rings is 1. The van der Waals surface area contributed by atoms with Crippen LogP contribution in [0.25, 0.3) is 10.6 Å². The molecule has 3 aromatic rings. The molecule has 9 nitrogen and oxygen atoms in total. The van der Waals surface area contributed by atoms with Gasteiger partial charge in [-0.1, -0.05) is 0 Å². The largest absolute Gasteiger partial charge is 0.464 e. The highest BCUT2D eigenvalue weighted by Gasteiger charge is 2.36. The molecule has 3 atom stereocenters. The zero-order chi connectivity index (χ0) is 26.6. The van der Waals surface area contributed by atoms with E-state index in [9.17, 15) is 9.59 Å². The molecule has 0 spiro atoms. The molecule has 2 bridgehead atoms. The Kier molecular flexibility index (Phi) is 8.35. The van der Waals surface area contributed by atoms with Crippen LogP contribution in [-0.2, 0) is 14.3 Å². The van der Waals surface area contributed by atoms with Crippen LogP contribution in [0.15, 0.2) is 23.7 Å². The van der Waals surface area contributed by atoms with E-state index in [-0.39, 0.29) is 30.6 Å². The molecule has 1 amide bonds. The number of thiazole rings is 2. The highest BCUT2D eigenvalue weighted by atomic mass is 32.1. The van der Waals surface area contributed by atoms with Crippen LogP contribution in [0.2, 0.25) is 0 Å². The summed E-state index contributed by atoms with van der Waals surface area (Å²) in [7, 11) is 0. The molecular formula is C27H33N5O4S2. The molecule has 3 aliphatic rings. The average Bonchev–Trinajstić information content (AvgIpc) is 3.49. The molecule has 1 N–H and O–H groups in total. The Morgan fingerprint density at radius 3 is 2.74 bits per heavy atom. The van der Waals surface area contributed by atoms with Crippen molar-refractivity contribution in [2.45, 2.75) is 65.0 Å². The van der Waals surface area contributed by atoms with Gasteiger partial charge < -0.3 is 19.7 Å². The number of aryl methyl sites for hydroxylation is 2. The monoisotopic (exact) mass is 555 g/mol. The molecule has 38 heavy (non-hydrogen) atoms. The predicted molar refractivity (Wildman–Crippen MR) is 148 cm³/mol. The maximum atomic E-state index is 13.5. The van der Waals surface area contributed by atoms with Crippen molar-refractivity contribution in [1.29, 1.82) is 0 Å². The SMILES string of the molecule is CCOC(=O)CO[C@@H]1CCC2CC[C@H](C1)N(C(=O)c1ccc(Nc3nc(-c4sc(C)nc4C)cs3)nc1)C2. The second-order valence-corrected chi connectivity index (χ2v) is 11.9. The van der Waals surface area contributed by atoms with E-state index in [4.69, 9.17) is 14.5 Å². The Bertz CT molecular complexity index is 1270. The first-order chi connectivity index (χ1) is 18.4. The van der Waals surface area contributed by atoms with Crippen molar-refractivity contribution in [1.82, 2.24) is 19.9 Å². The minimum Gasteiger partial charge on any atom is -0.464 e. The van der Waals surface area contributed by atoms with Crippen LogP contribution in [0.3, 0.4) is 0 Å². The lowest BCUT2D eigenvalue weighted by molar-refractivity contribution is -0.151. The van der Waals surface area contributed by atoms with E-state index in [1.807, 2.05) is 36.3 Å². The third kappa shape index (κ3) is 6.22. The van der Waals surface area contributed by atoms with Gasteiger partial charge >= 0.3 is 5.97 Å². The first kappa shape index (κ1) is 26.7. The topological polar surface area (TPSA) is 107 Å². The second-order valence-electron chi connectivity index (χ2n) is 9.85. The zero-order valence-corrected chi connectivity index (χ0v) is 23.6. The molecule has 202 valence electrons. The molecule has 6 rings (SSSR count). The molecule has 1 aliphatic carbocycles. The predicted octanol–water partition coefficient (Wildman–Crippen LogP) is 5.38. The molecule has 11 heteroatoms. The molecule has 1 saturated carbocycles.